The molecule has 2 N–H and O–H groups in total. The normalized spacial score (nSPS) is 17.4. The van der Waals surface area contributed by atoms with E-state index in [0.29, 0.717) is 11.6 Å². The second-order valence-electron chi connectivity index (χ2n) is 4.30. The molecule has 86 valence electrons. The summed E-state index contributed by atoms with van der Waals surface area (Å²) in [7, 11) is 0. The number of anilines is 1. The summed E-state index contributed by atoms with van der Waals surface area (Å²) >= 11 is 0. The molecule has 0 aromatic carbocycles. The van der Waals surface area contributed by atoms with Gasteiger partial charge in [-0.15, -0.1) is 0 Å². The minimum atomic E-state index is -0.0632. The molecule has 5 nitrogen and oxygen atoms in total. The molecule has 0 aliphatic carbocycles. The summed E-state index contributed by atoms with van der Waals surface area (Å²) in [5.41, 5.74) is 5.85. The van der Waals surface area contributed by atoms with E-state index in [4.69, 9.17) is 5.73 Å². The maximum absolute atomic E-state index is 12.0. The van der Waals surface area contributed by atoms with Crippen LogP contribution in [0.5, 0.6) is 0 Å². The molecule has 0 radical (unpaired) electrons. The highest BCUT2D eigenvalue weighted by atomic mass is 16.2. The zero-order chi connectivity index (χ0) is 11.5. The van der Waals surface area contributed by atoms with Gasteiger partial charge in [-0.3, -0.25) is 9.78 Å². The first-order chi connectivity index (χ1) is 7.66. The second-order valence-corrected chi connectivity index (χ2v) is 4.30. The van der Waals surface area contributed by atoms with E-state index in [1.54, 1.807) is 0 Å². The van der Waals surface area contributed by atoms with Crippen molar-refractivity contribution in [2.24, 2.45) is 5.92 Å². The lowest BCUT2D eigenvalue weighted by Crippen LogP contribution is -2.38. The number of nitrogens with zero attached hydrogens (tertiary/aromatic N) is 3. The summed E-state index contributed by atoms with van der Waals surface area (Å²) in [6, 6.07) is 0. The third-order valence-electron chi connectivity index (χ3n) is 2.94. The number of carbonyl (C=O) groups is 1. The number of likely N-dealkylation sites (tertiary alicyclic amines) is 1. The molecule has 1 fully saturated rings. The molecule has 2 heterocycles. The van der Waals surface area contributed by atoms with Gasteiger partial charge in [-0.1, -0.05) is 6.92 Å². The molecule has 16 heavy (non-hydrogen) atoms. The summed E-state index contributed by atoms with van der Waals surface area (Å²) in [4.78, 5) is 21.7. The topological polar surface area (TPSA) is 72.1 Å². The summed E-state index contributed by atoms with van der Waals surface area (Å²) in [6.45, 7) is 3.81. The Morgan fingerprint density at radius 3 is 2.75 bits per heavy atom. The Morgan fingerprint density at radius 1 is 1.44 bits per heavy atom. The van der Waals surface area contributed by atoms with Crippen LogP contribution in [0.15, 0.2) is 12.4 Å². The number of piperidine rings is 1. The van der Waals surface area contributed by atoms with Gasteiger partial charge in [0.15, 0.2) is 0 Å². The van der Waals surface area contributed by atoms with Crippen LogP contribution in [0.3, 0.4) is 0 Å². The summed E-state index contributed by atoms with van der Waals surface area (Å²) in [5, 5.41) is 0. The number of hydrogen-bond acceptors (Lipinski definition) is 4. The van der Waals surface area contributed by atoms with Gasteiger partial charge in [0.1, 0.15) is 11.5 Å². The highest BCUT2D eigenvalue weighted by Gasteiger charge is 2.22. The third-order valence-corrected chi connectivity index (χ3v) is 2.94. The van der Waals surface area contributed by atoms with Crippen molar-refractivity contribution in [3.8, 4) is 0 Å². The fraction of sp³-hybridized carbons (Fsp3) is 0.545. The molecule has 0 atom stereocenters. The van der Waals surface area contributed by atoms with Crippen LogP contribution in [-0.4, -0.2) is 33.9 Å². The predicted molar refractivity (Wildman–Crippen MR) is 60.7 cm³/mol. The molecule has 0 unspecified atom stereocenters. The van der Waals surface area contributed by atoms with Crippen LogP contribution in [0, 0.1) is 5.92 Å². The Labute approximate surface area is 94.7 Å². The van der Waals surface area contributed by atoms with E-state index in [9.17, 15) is 4.79 Å². The number of aromatic nitrogens is 2. The lowest BCUT2D eigenvalue weighted by molar-refractivity contribution is 0.0691. The van der Waals surface area contributed by atoms with Crippen LogP contribution < -0.4 is 5.73 Å². The van der Waals surface area contributed by atoms with Crippen molar-refractivity contribution in [3.05, 3.63) is 18.1 Å². The number of rotatable bonds is 1. The van der Waals surface area contributed by atoms with Crippen molar-refractivity contribution in [2.75, 3.05) is 18.8 Å². The van der Waals surface area contributed by atoms with Crippen molar-refractivity contribution >= 4 is 11.7 Å². The Bertz CT molecular complexity index is 385. The van der Waals surface area contributed by atoms with Gasteiger partial charge in [0.25, 0.3) is 5.91 Å². The molecule has 1 aromatic rings. The Morgan fingerprint density at radius 2 is 2.12 bits per heavy atom. The number of nitrogens with two attached hydrogens (primary N) is 1. The first-order valence-electron chi connectivity index (χ1n) is 5.53. The predicted octanol–water partition coefficient (Wildman–Crippen LogP) is 0.931. The minimum Gasteiger partial charge on any atom is -0.382 e. The minimum absolute atomic E-state index is 0.0632. The Hall–Kier alpha value is -1.65. The largest absolute Gasteiger partial charge is 0.382 e. The molecular weight excluding hydrogens is 204 g/mol. The van der Waals surface area contributed by atoms with Crippen LogP contribution in [-0.2, 0) is 0 Å². The highest BCUT2D eigenvalue weighted by Crippen LogP contribution is 2.17. The third kappa shape index (κ3) is 2.29. The monoisotopic (exact) mass is 220 g/mol. The van der Waals surface area contributed by atoms with Crippen LogP contribution in [0.2, 0.25) is 0 Å². The van der Waals surface area contributed by atoms with Gasteiger partial charge in [-0.25, -0.2) is 4.98 Å². The van der Waals surface area contributed by atoms with Crippen molar-refractivity contribution in [2.45, 2.75) is 19.8 Å². The molecule has 1 saturated heterocycles. The van der Waals surface area contributed by atoms with Crippen LogP contribution in [0.1, 0.15) is 30.3 Å². The van der Waals surface area contributed by atoms with Crippen LogP contribution in [0.25, 0.3) is 0 Å². The number of hydrogen-bond donors (Lipinski definition) is 1. The standard InChI is InChI=1S/C11H16N4O/c1-8-2-4-15(5-3-8)11(16)9-6-13-7-10(12)14-9/h6-8H,2-5H2,1H3,(H2,12,14). The molecule has 1 aliphatic heterocycles. The van der Waals surface area contributed by atoms with Gasteiger partial charge in [0.05, 0.1) is 12.4 Å². The first-order valence-corrected chi connectivity index (χ1v) is 5.53. The molecule has 1 amide bonds. The average Bonchev–Trinajstić information content (AvgIpc) is 2.29. The van der Waals surface area contributed by atoms with E-state index < -0.39 is 0 Å². The quantitative estimate of drug-likeness (QED) is 0.764. The fourth-order valence-corrected chi connectivity index (χ4v) is 1.86. The number of nitrogen functional groups attached to an aromatic ring is 1. The molecular formula is C11H16N4O. The second kappa shape index (κ2) is 4.47. The zero-order valence-electron chi connectivity index (χ0n) is 9.39. The van der Waals surface area contributed by atoms with Crippen molar-refractivity contribution < 1.29 is 4.79 Å². The summed E-state index contributed by atoms with van der Waals surface area (Å²) in [5.74, 6) is 0.930. The molecule has 5 heteroatoms. The van der Waals surface area contributed by atoms with E-state index in [1.165, 1.54) is 12.4 Å². The summed E-state index contributed by atoms with van der Waals surface area (Å²) < 4.78 is 0. The van der Waals surface area contributed by atoms with Crippen molar-refractivity contribution in [1.82, 2.24) is 14.9 Å². The van der Waals surface area contributed by atoms with E-state index in [1.807, 2.05) is 4.90 Å². The average molecular weight is 220 g/mol. The van der Waals surface area contributed by atoms with Crippen LogP contribution >= 0.6 is 0 Å². The maximum atomic E-state index is 12.0. The van der Waals surface area contributed by atoms with Crippen LogP contribution in [0.4, 0.5) is 5.82 Å². The number of amides is 1. The summed E-state index contributed by atoms with van der Waals surface area (Å²) in [6.07, 6.45) is 5.02. The van der Waals surface area contributed by atoms with Gasteiger partial charge >= 0.3 is 0 Å². The molecule has 0 spiro atoms. The Kier molecular flexibility index (Phi) is 3.03. The lowest BCUT2D eigenvalue weighted by atomic mass is 9.99. The highest BCUT2D eigenvalue weighted by molar-refractivity contribution is 5.92. The molecule has 1 aromatic heterocycles. The molecule has 1 aliphatic rings. The van der Waals surface area contributed by atoms with Crippen molar-refractivity contribution in [3.63, 3.8) is 0 Å². The SMILES string of the molecule is CC1CCN(C(=O)c2cncc(N)n2)CC1. The van der Waals surface area contributed by atoms with E-state index >= 15 is 0 Å². The fourth-order valence-electron chi connectivity index (χ4n) is 1.86. The first kappa shape index (κ1) is 10.9. The van der Waals surface area contributed by atoms with Crippen molar-refractivity contribution in [1.29, 1.82) is 0 Å². The van der Waals surface area contributed by atoms with E-state index in [-0.39, 0.29) is 11.7 Å². The zero-order valence-corrected chi connectivity index (χ0v) is 9.39. The van der Waals surface area contributed by atoms with Gasteiger partial charge in [-0.2, -0.15) is 0 Å². The molecule has 2 rings (SSSR count). The Balaban J connectivity index is 2.08. The van der Waals surface area contributed by atoms with Gasteiger partial charge in [-0.05, 0) is 18.8 Å². The smallest absolute Gasteiger partial charge is 0.274 e. The number of carbonyl (C=O) groups excluding carboxylic acids is 1. The van der Waals surface area contributed by atoms with Gasteiger partial charge in [0, 0.05) is 13.1 Å². The molecule has 0 saturated carbocycles. The van der Waals surface area contributed by atoms with Gasteiger partial charge < -0.3 is 10.6 Å². The van der Waals surface area contributed by atoms with Gasteiger partial charge in [0.2, 0.25) is 0 Å². The van der Waals surface area contributed by atoms with E-state index in [0.717, 1.165) is 25.9 Å². The maximum Gasteiger partial charge on any atom is 0.274 e. The molecule has 0 bridgehead atoms. The lowest BCUT2D eigenvalue weighted by Gasteiger charge is -2.29. The van der Waals surface area contributed by atoms with E-state index in [2.05, 4.69) is 16.9 Å².